The zero-order valence-corrected chi connectivity index (χ0v) is 19.7. The van der Waals surface area contributed by atoms with Gasteiger partial charge in [-0.05, 0) is 61.4 Å². The van der Waals surface area contributed by atoms with Crippen LogP contribution in [0, 0.1) is 0 Å². The third-order valence-corrected chi connectivity index (χ3v) is 5.98. The van der Waals surface area contributed by atoms with Crippen molar-refractivity contribution >= 4 is 41.5 Å². The van der Waals surface area contributed by atoms with Crippen LogP contribution in [-0.2, 0) is 27.2 Å². The normalized spacial score (nSPS) is 12.1. The summed E-state index contributed by atoms with van der Waals surface area (Å²) in [6, 6.07) is 10.7. The molecule has 0 aliphatic heterocycles. The van der Waals surface area contributed by atoms with Crippen LogP contribution in [0.3, 0.4) is 0 Å². The minimum atomic E-state index is -0.402. The van der Waals surface area contributed by atoms with Gasteiger partial charge in [-0.15, -0.1) is 0 Å². The van der Waals surface area contributed by atoms with Gasteiger partial charge in [-0.2, -0.15) is 16.9 Å². The van der Waals surface area contributed by atoms with E-state index in [1.54, 1.807) is 30.5 Å². The van der Waals surface area contributed by atoms with Gasteiger partial charge in [-0.3, -0.25) is 24.3 Å². The Morgan fingerprint density at radius 3 is 2.52 bits per heavy atom. The molecule has 176 valence electrons. The van der Waals surface area contributed by atoms with Crippen molar-refractivity contribution in [1.29, 1.82) is 0 Å². The smallest absolute Gasteiger partial charge is 0.242 e. The molecule has 1 heterocycles. The minimum absolute atomic E-state index is 0.165. The molecule has 33 heavy (non-hydrogen) atoms. The molecule has 5 N–H and O–H groups in total. The Bertz CT molecular complexity index is 963. The van der Waals surface area contributed by atoms with Crippen molar-refractivity contribution in [3.63, 3.8) is 0 Å². The lowest BCUT2D eigenvalue weighted by atomic mass is 10.1. The molecule has 0 saturated heterocycles. The van der Waals surface area contributed by atoms with Gasteiger partial charge in [0.15, 0.2) is 0 Å². The zero-order chi connectivity index (χ0) is 24.2. The van der Waals surface area contributed by atoms with Crippen LogP contribution in [0.2, 0.25) is 0 Å². The number of imide groups is 1. The van der Waals surface area contributed by atoms with Gasteiger partial charge in [0.2, 0.25) is 18.2 Å². The van der Waals surface area contributed by atoms with E-state index >= 15 is 0 Å². The molecule has 0 spiro atoms. The number of thioether (sulfide) groups is 1. The van der Waals surface area contributed by atoms with Crippen molar-refractivity contribution in [2.75, 3.05) is 18.1 Å². The van der Waals surface area contributed by atoms with E-state index in [0.29, 0.717) is 30.5 Å². The molecule has 0 radical (unpaired) electrons. The van der Waals surface area contributed by atoms with E-state index in [-0.39, 0.29) is 30.6 Å². The van der Waals surface area contributed by atoms with Crippen molar-refractivity contribution in [1.82, 2.24) is 9.88 Å². The average molecular weight is 471 g/mol. The van der Waals surface area contributed by atoms with Crippen LogP contribution >= 0.6 is 11.8 Å². The van der Waals surface area contributed by atoms with Gasteiger partial charge in [-0.1, -0.05) is 13.0 Å². The van der Waals surface area contributed by atoms with Gasteiger partial charge in [0.25, 0.3) is 0 Å². The number of benzene rings is 1. The maximum absolute atomic E-state index is 12.8. The average Bonchev–Trinajstić information content (AvgIpc) is 2.85. The SMILES string of the molecule is CCc1ccc(CC(SC)C(=O)N(C=O)CCCC(=O)Nc2ccc(/C(N)=N/N)cc2)cn1. The summed E-state index contributed by atoms with van der Waals surface area (Å²) in [6.45, 7) is 2.20. The molecular formula is C23H30N6O3S. The number of aromatic nitrogens is 1. The van der Waals surface area contributed by atoms with Gasteiger partial charge in [-0.25, -0.2) is 0 Å². The first kappa shape index (κ1) is 25.9. The number of rotatable bonds is 12. The third-order valence-electron chi connectivity index (χ3n) is 5.05. The first-order chi connectivity index (χ1) is 15.9. The number of anilines is 1. The number of amides is 3. The number of nitrogens with two attached hydrogens (primary N) is 2. The molecule has 10 heteroatoms. The van der Waals surface area contributed by atoms with Crippen LogP contribution in [0.5, 0.6) is 0 Å². The van der Waals surface area contributed by atoms with Gasteiger partial charge < -0.3 is 16.9 Å². The summed E-state index contributed by atoms with van der Waals surface area (Å²) in [4.78, 5) is 42.1. The fourth-order valence-corrected chi connectivity index (χ4v) is 3.80. The van der Waals surface area contributed by atoms with E-state index in [2.05, 4.69) is 15.4 Å². The summed E-state index contributed by atoms with van der Waals surface area (Å²) < 4.78 is 0. The van der Waals surface area contributed by atoms with Crippen molar-refractivity contribution in [2.45, 2.75) is 37.9 Å². The van der Waals surface area contributed by atoms with E-state index in [0.717, 1.165) is 22.6 Å². The second kappa shape index (κ2) is 13.2. The van der Waals surface area contributed by atoms with E-state index in [4.69, 9.17) is 11.6 Å². The highest BCUT2D eigenvalue weighted by molar-refractivity contribution is 7.99. The molecular weight excluding hydrogens is 440 g/mol. The Balaban J connectivity index is 1.85. The predicted octanol–water partition coefficient (Wildman–Crippen LogP) is 1.90. The largest absolute Gasteiger partial charge is 0.382 e. The Morgan fingerprint density at radius 2 is 1.97 bits per heavy atom. The second-order valence-electron chi connectivity index (χ2n) is 7.32. The van der Waals surface area contributed by atoms with Crippen molar-refractivity contribution in [2.24, 2.45) is 16.7 Å². The molecule has 0 fully saturated rings. The molecule has 1 unspecified atom stereocenters. The number of carbonyl (C=O) groups is 3. The number of hydrazone groups is 1. The van der Waals surface area contributed by atoms with Gasteiger partial charge >= 0.3 is 0 Å². The number of pyridine rings is 1. The summed E-state index contributed by atoms with van der Waals surface area (Å²) in [6.07, 6.45) is 5.99. The highest BCUT2D eigenvalue weighted by Crippen LogP contribution is 2.17. The Labute approximate surface area is 198 Å². The molecule has 0 bridgehead atoms. The highest BCUT2D eigenvalue weighted by Gasteiger charge is 2.24. The standard InChI is InChI=1S/C23H30N6O3S/c1-3-18-9-6-16(14-26-18)13-20(33-2)23(32)29(15-30)12-4-5-21(31)27-19-10-7-17(8-11-19)22(24)28-25/h6-11,14-15,20H,3-5,12-13,25H2,1-2H3,(H2,24,28)(H,27,31). The number of hydrogen-bond acceptors (Lipinski definition) is 7. The number of nitrogens with zero attached hydrogens (tertiary/aromatic N) is 3. The Kier molecular flexibility index (Phi) is 10.4. The van der Waals surface area contributed by atoms with Crippen LogP contribution in [0.25, 0.3) is 0 Å². The number of carbonyl (C=O) groups excluding carboxylic acids is 3. The second-order valence-corrected chi connectivity index (χ2v) is 8.36. The lowest BCUT2D eigenvalue weighted by Gasteiger charge is -2.21. The van der Waals surface area contributed by atoms with Crippen LogP contribution in [0.15, 0.2) is 47.7 Å². The van der Waals surface area contributed by atoms with Gasteiger partial charge in [0.05, 0.1) is 5.25 Å². The molecule has 0 aliphatic rings. The van der Waals surface area contributed by atoms with Crippen LogP contribution in [-0.4, -0.2) is 52.0 Å². The number of nitrogens with one attached hydrogen (secondary N) is 1. The van der Waals surface area contributed by atoms with Crippen molar-refractivity contribution < 1.29 is 14.4 Å². The fraction of sp³-hybridized carbons (Fsp3) is 0.348. The summed E-state index contributed by atoms with van der Waals surface area (Å²) >= 11 is 1.39. The van der Waals surface area contributed by atoms with Crippen LogP contribution in [0.4, 0.5) is 5.69 Å². The van der Waals surface area contributed by atoms with Gasteiger partial charge in [0, 0.05) is 36.1 Å². The van der Waals surface area contributed by atoms with E-state index < -0.39 is 5.25 Å². The third kappa shape index (κ3) is 7.90. The monoisotopic (exact) mass is 470 g/mol. The first-order valence-corrected chi connectivity index (χ1v) is 11.9. The molecule has 3 amide bonds. The summed E-state index contributed by atoms with van der Waals surface area (Å²) in [5, 5.41) is 5.79. The van der Waals surface area contributed by atoms with Gasteiger partial charge in [0.1, 0.15) is 5.84 Å². The fourth-order valence-electron chi connectivity index (χ4n) is 3.10. The number of aryl methyl sites for hydroxylation is 1. The minimum Gasteiger partial charge on any atom is -0.382 e. The van der Waals surface area contributed by atoms with Crippen LogP contribution < -0.4 is 16.9 Å². The Hall–Kier alpha value is -3.40. The van der Waals surface area contributed by atoms with Crippen LogP contribution in [0.1, 0.15) is 36.6 Å². The molecule has 0 saturated carbocycles. The summed E-state index contributed by atoms with van der Waals surface area (Å²) in [7, 11) is 0. The molecule has 0 aliphatic carbocycles. The quantitative estimate of drug-likeness (QED) is 0.141. The maximum Gasteiger partial charge on any atom is 0.242 e. The molecule has 2 rings (SSSR count). The highest BCUT2D eigenvalue weighted by atomic mass is 32.2. The predicted molar refractivity (Wildman–Crippen MR) is 132 cm³/mol. The first-order valence-electron chi connectivity index (χ1n) is 10.6. The lowest BCUT2D eigenvalue weighted by Crippen LogP contribution is -2.38. The van der Waals surface area contributed by atoms with E-state index in [9.17, 15) is 14.4 Å². The Morgan fingerprint density at radius 1 is 1.24 bits per heavy atom. The molecule has 1 aromatic carbocycles. The lowest BCUT2D eigenvalue weighted by molar-refractivity contribution is -0.138. The number of amidine groups is 1. The topological polar surface area (TPSA) is 144 Å². The summed E-state index contributed by atoms with van der Waals surface area (Å²) in [5.41, 5.74) is 8.81. The van der Waals surface area contributed by atoms with Crippen molar-refractivity contribution in [3.05, 3.63) is 59.4 Å². The number of hydrogen-bond donors (Lipinski definition) is 3. The molecule has 2 aromatic rings. The molecule has 9 nitrogen and oxygen atoms in total. The summed E-state index contributed by atoms with van der Waals surface area (Å²) in [5.74, 6) is 4.86. The molecule has 1 aromatic heterocycles. The zero-order valence-electron chi connectivity index (χ0n) is 18.9. The van der Waals surface area contributed by atoms with E-state index in [1.807, 2.05) is 25.3 Å². The maximum atomic E-state index is 12.8. The molecule has 1 atom stereocenters. The van der Waals surface area contributed by atoms with Crippen molar-refractivity contribution in [3.8, 4) is 0 Å². The van der Waals surface area contributed by atoms with E-state index in [1.165, 1.54) is 11.8 Å².